The van der Waals surface area contributed by atoms with Gasteiger partial charge in [0.1, 0.15) is 0 Å². The molecule has 0 saturated carbocycles. The molecule has 1 aliphatic heterocycles. The van der Waals surface area contributed by atoms with E-state index >= 15 is 0 Å². The van der Waals surface area contributed by atoms with E-state index in [1.807, 2.05) is 31.1 Å². The monoisotopic (exact) mass is 257 g/mol. The van der Waals surface area contributed by atoms with Gasteiger partial charge in [-0.05, 0) is 31.5 Å². The van der Waals surface area contributed by atoms with Crippen molar-refractivity contribution in [3.63, 3.8) is 0 Å². The molecule has 0 fully saturated rings. The fourth-order valence-electron chi connectivity index (χ4n) is 2.75. The van der Waals surface area contributed by atoms with Crippen molar-refractivity contribution in [3.8, 4) is 0 Å². The number of ether oxygens (including phenoxy) is 1. The number of hydrogen-bond donors (Lipinski definition) is 1. The number of aryl methyl sites for hydroxylation is 1. The maximum atomic E-state index is 5.47. The molecule has 1 aromatic heterocycles. The zero-order valence-corrected chi connectivity index (χ0v) is 11.4. The smallest absolute Gasteiger partial charge is 0.0915 e. The van der Waals surface area contributed by atoms with Crippen LogP contribution in [0.2, 0.25) is 0 Å². The second-order valence-electron chi connectivity index (χ2n) is 4.91. The lowest BCUT2D eigenvalue weighted by molar-refractivity contribution is 0.219. The van der Waals surface area contributed by atoms with E-state index in [-0.39, 0.29) is 6.04 Å². The maximum absolute atomic E-state index is 5.47. The summed E-state index contributed by atoms with van der Waals surface area (Å²) >= 11 is 0. The Hall–Kier alpha value is -1.81. The molecule has 19 heavy (non-hydrogen) atoms. The highest BCUT2D eigenvalue weighted by Crippen LogP contribution is 2.31. The second kappa shape index (κ2) is 5.05. The van der Waals surface area contributed by atoms with Crippen LogP contribution in [-0.2, 0) is 11.8 Å². The third-order valence-electron chi connectivity index (χ3n) is 3.68. The van der Waals surface area contributed by atoms with E-state index in [0.717, 1.165) is 30.7 Å². The molecule has 2 aromatic rings. The number of aromatic nitrogens is 2. The molecule has 1 aromatic carbocycles. The molecule has 0 bridgehead atoms. The molecule has 4 heteroatoms. The number of fused-ring (bicyclic) bond motifs is 1. The summed E-state index contributed by atoms with van der Waals surface area (Å²) in [6.45, 7) is 0.822. The van der Waals surface area contributed by atoms with Crippen LogP contribution in [0.4, 0.5) is 0 Å². The number of nitrogens with zero attached hydrogens (tertiary/aromatic N) is 2. The molecule has 0 saturated heterocycles. The van der Waals surface area contributed by atoms with Gasteiger partial charge in [0.05, 0.1) is 30.1 Å². The minimum absolute atomic E-state index is 0.131. The van der Waals surface area contributed by atoms with Crippen molar-refractivity contribution in [2.24, 2.45) is 7.05 Å². The van der Waals surface area contributed by atoms with Crippen molar-refractivity contribution >= 4 is 10.9 Å². The van der Waals surface area contributed by atoms with Crippen LogP contribution in [0.25, 0.3) is 10.9 Å². The molecule has 1 N–H and O–H groups in total. The number of hydrogen-bond acceptors (Lipinski definition) is 3. The van der Waals surface area contributed by atoms with E-state index in [0.29, 0.717) is 0 Å². The lowest BCUT2D eigenvalue weighted by Crippen LogP contribution is -2.21. The standard InChI is InChI=1S/C15H19N3O/c1-16-14(11-6-5-9-19-10-11)15-12-7-3-4-8-13(12)18(2)17-15/h3-4,7-8,10,14,16H,5-6,9H2,1-2H3. The summed E-state index contributed by atoms with van der Waals surface area (Å²) in [4.78, 5) is 0. The zero-order chi connectivity index (χ0) is 13.2. The van der Waals surface area contributed by atoms with Crippen LogP contribution in [-0.4, -0.2) is 23.4 Å². The molecule has 0 radical (unpaired) electrons. The Bertz CT molecular complexity index is 615. The van der Waals surface area contributed by atoms with Gasteiger partial charge in [-0.25, -0.2) is 0 Å². The van der Waals surface area contributed by atoms with E-state index in [4.69, 9.17) is 9.84 Å². The van der Waals surface area contributed by atoms with Crippen LogP contribution >= 0.6 is 0 Å². The molecule has 1 aliphatic rings. The van der Waals surface area contributed by atoms with Crippen LogP contribution in [0.1, 0.15) is 24.6 Å². The van der Waals surface area contributed by atoms with Crippen molar-refractivity contribution in [3.05, 3.63) is 41.8 Å². The van der Waals surface area contributed by atoms with Crippen molar-refractivity contribution < 1.29 is 4.74 Å². The Balaban J connectivity index is 2.08. The van der Waals surface area contributed by atoms with E-state index in [2.05, 4.69) is 23.5 Å². The molecule has 0 spiro atoms. The molecule has 2 heterocycles. The minimum Gasteiger partial charge on any atom is -0.501 e. The predicted octanol–water partition coefficient (Wildman–Crippen LogP) is 2.53. The quantitative estimate of drug-likeness (QED) is 0.918. The summed E-state index contributed by atoms with van der Waals surface area (Å²) in [5, 5.41) is 9.27. The summed E-state index contributed by atoms with van der Waals surface area (Å²) in [6, 6.07) is 8.47. The lowest BCUT2D eigenvalue weighted by atomic mass is 9.97. The van der Waals surface area contributed by atoms with Gasteiger partial charge in [-0.3, -0.25) is 4.68 Å². The third kappa shape index (κ3) is 2.12. The molecule has 4 nitrogen and oxygen atoms in total. The highest BCUT2D eigenvalue weighted by Gasteiger charge is 2.22. The molecule has 0 aliphatic carbocycles. The SMILES string of the molecule is CNC(C1=COCCC1)c1nn(C)c2ccccc12. The fourth-order valence-corrected chi connectivity index (χ4v) is 2.75. The Kier molecular flexibility index (Phi) is 3.25. The molecule has 1 unspecified atom stereocenters. The average molecular weight is 257 g/mol. The number of benzene rings is 1. The largest absolute Gasteiger partial charge is 0.501 e. The van der Waals surface area contributed by atoms with Crippen LogP contribution in [0, 0.1) is 0 Å². The van der Waals surface area contributed by atoms with Gasteiger partial charge < -0.3 is 10.1 Å². The summed E-state index contributed by atoms with van der Waals surface area (Å²) in [5.74, 6) is 0. The van der Waals surface area contributed by atoms with Crippen LogP contribution in [0.5, 0.6) is 0 Å². The first kappa shape index (κ1) is 12.2. The first-order valence-electron chi connectivity index (χ1n) is 6.70. The van der Waals surface area contributed by atoms with Crippen LogP contribution < -0.4 is 5.32 Å². The van der Waals surface area contributed by atoms with Crippen molar-refractivity contribution in [2.45, 2.75) is 18.9 Å². The lowest BCUT2D eigenvalue weighted by Gasteiger charge is -2.21. The van der Waals surface area contributed by atoms with Crippen LogP contribution in [0.3, 0.4) is 0 Å². The highest BCUT2D eigenvalue weighted by molar-refractivity contribution is 5.82. The van der Waals surface area contributed by atoms with E-state index in [1.54, 1.807) is 0 Å². The van der Waals surface area contributed by atoms with Gasteiger partial charge in [-0.2, -0.15) is 5.10 Å². The number of rotatable bonds is 3. The Morgan fingerprint density at radius 2 is 2.21 bits per heavy atom. The second-order valence-corrected chi connectivity index (χ2v) is 4.91. The van der Waals surface area contributed by atoms with Gasteiger partial charge >= 0.3 is 0 Å². The van der Waals surface area contributed by atoms with Gasteiger partial charge in [0, 0.05) is 12.4 Å². The Morgan fingerprint density at radius 1 is 1.37 bits per heavy atom. The summed E-state index contributed by atoms with van der Waals surface area (Å²) in [7, 11) is 3.97. The summed E-state index contributed by atoms with van der Waals surface area (Å²) in [6.07, 6.45) is 4.04. The van der Waals surface area contributed by atoms with Crippen molar-refractivity contribution in [2.75, 3.05) is 13.7 Å². The van der Waals surface area contributed by atoms with Gasteiger partial charge in [-0.15, -0.1) is 0 Å². The maximum Gasteiger partial charge on any atom is 0.0915 e. The Labute approximate surface area is 113 Å². The topological polar surface area (TPSA) is 39.1 Å². The van der Waals surface area contributed by atoms with E-state index in [1.165, 1.54) is 11.0 Å². The van der Waals surface area contributed by atoms with E-state index < -0.39 is 0 Å². The molecular weight excluding hydrogens is 238 g/mol. The normalized spacial score (nSPS) is 17.1. The Morgan fingerprint density at radius 3 is 2.95 bits per heavy atom. The zero-order valence-electron chi connectivity index (χ0n) is 11.4. The van der Waals surface area contributed by atoms with Gasteiger partial charge in [0.25, 0.3) is 0 Å². The van der Waals surface area contributed by atoms with Crippen molar-refractivity contribution in [1.29, 1.82) is 0 Å². The molecule has 0 amide bonds. The molecular formula is C15H19N3O. The van der Waals surface area contributed by atoms with E-state index in [9.17, 15) is 0 Å². The number of nitrogens with one attached hydrogen (secondary N) is 1. The van der Waals surface area contributed by atoms with Gasteiger partial charge in [0.2, 0.25) is 0 Å². The fraction of sp³-hybridized carbons (Fsp3) is 0.400. The first-order valence-corrected chi connectivity index (χ1v) is 6.70. The average Bonchev–Trinajstić information content (AvgIpc) is 2.79. The summed E-state index contributed by atoms with van der Waals surface area (Å²) < 4.78 is 7.41. The van der Waals surface area contributed by atoms with Gasteiger partial charge in [0.15, 0.2) is 0 Å². The third-order valence-corrected chi connectivity index (χ3v) is 3.68. The molecule has 1 atom stereocenters. The highest BCUT2D eigenvalue weighted by atomic mass is 16.5. The van der Waals surface area contributed by atoms with Crippen molar-refractivity contribution in [1.82, 2.24) is 15.1 Å². The molecule has 3 rings (SSSR count). The molecule has 100 valence electrons. The minimum atomic E-state index is 0.131. The number of likely N-dealkylation sites (N-methyl/N-ethyl adjacent to an activating group) is 1. The van der Waals surface area contributed by atoms with Gasteiger partial charge in [-0.1, -0.05) is 18.2 Å². The first-order chi connectivity index (χ1) is 9.31. The predicted molar refractivity (Wildman–Crippen MR) is 75.8 cm³/mol. The summed E-state index contributed by atoms with van der Waals surface area (Å²) in [5.41, 5.74) is 3.52. The number of para-hydroxylation sites is 1. The van der Waals surface area contributed by atoms with Crippen LogP contribution in [0.15, 0.2) is 36.1 Å².